The number of hydrogen-bond donors (Lipinski definition) is 0. The predicted octanol–water partition coefficient (Wildman–Crippen LogP) is 11.2. The zero-order valence-corrected chi connectivity index (χ0v) is 28.3. The SMILES string of the molecule is C1=Cc2c(oc3ccc(C4C=Cc5oc6c(c5C4)=CCCC=6C4CC=C(c5ccccc5)CC4)cc23)C(c2ccc(-c3ccccc3)cc2)C1. The number of allylic oxidation sites excluding steroid dienone is 4. The van der Waals surface area contributed by atoms with Gasteiger partial charge in [-0.3, -0.25) is 0 Å². The first-order valence-electron chi connectivity index (χ1n) is 18.4. The van der Waals surface area contributed by atoms with Gasteiger partial charge in [-0.15, -0.1) is 0 Å². The van der Waals surface area contributed by atoms with Crippen LogP contribution in [0, 0.1) is 5.92 Å². The standard InChI is InChI=1S/C48H40O2/c1-3-9-31(10-4-1)33-17-21-35(22-18-33)39-13-7-15-41-43-29-37(25-27-45(43)49-47(39)41)38-26-28-46-44(30-38)42-16-8-14-40(48(42)50-46)36-23-19-34(20-24-36)32-11-5-2-6-12-32/h1-7,9-12,15-19,21-22,25-29,36,38-39H,8,13-14,20,23-24,30H2. The lowest BCUT2D eigenvalue weighted by Crippen LogP contribution is -2.31. The van der Waals surface area contributed by atoms with Gasteiger partial charge in [-0.05, 0) is 108 Å². The normalized spacial score (nSPS) is 20.9. The molecule has 0 saturated heterocycles. The maximum Gasteiger partial charge on any atom is 0.134 e. The molecule has 0 fully saturated rings. The van der Waals surface area contributed by atoms with E-state index in [-0.39, 0.29) is 5.92 Å². The molecule has 0 spiro atoms. The maximum absolute atomic E-state index is 6.71. The van der Waals surface area contributed by atoms with E-state index in [9.17, 15) is 0 Å². The molecule has 4 aliphatic rings. The van der Waals surface area contributed by atoms with E-state index in [0.717, 1.165) is 55.6 Å². The molecule has 3 atom stereocenters. The molecule has 2 nitrogen and oxygen atoms in total. The number of rotatable bonds is 5. The third-order valence-corrected chi connectivity index (χ3v) is 11.7. The van der Waals surface area contributed by atoms with Crippen LogP contribution in [0.3, 0.4) is 0 Å². The van der Waals surface area contributed by atoms with Gasteiger partial charge in [-0.1, -0.05) is 121 Å². The van der Waals surface area contributed by atoms with Crippen LogP contribution in [-0.4, -0.2) is 0 Å². The molecule has 0 radical (unpaired) electrons. The Balaban J connectivity index is 0.929. The molecular weight excluding hydrogens is 609 g/mol. The summed E-state index contributed by atoms with van der Waals surface area (Å²) in [4.78, 5) is 0. The van der Waals surface area contributed by atoms with E-state index in [4.69, 9.17) is 8.83 Å². The van der Waals surface area contributed by atoms with Gasteiger partial charge in [0, 0.05) is 33.6 Å². The number of fused-ring (bicyclic) bond motifs is 6. The van der Waals surface area contributed by atoms with Gasteiger partial charge in [-0.2, -0.15) is 0 Å². The van der Waals surface area contributed by atoms with Crippen LogP contribution in [0.15, 0.2) is 130 Å². The Morgan fingerprint density at radius 1 is 0.660 bits per heavy atom. The maximum atomic E-state index is 6.71. The van der Waals surface area contributed by atoms with E-state index in [0.29, 0.717) is 11.8 Å². The molecule has 0 saturated carbocycles. The van der Waals surface area contributed by atoms with Crippen molar-refractivity contribution in [1.82, 2.24) is 0 Å². The summed E-state index contributed by atoms with van der Waals surface area (Å²) in [7, 11) is 0. The molecular formula is C48H40O2. The Morgan fingerprint density at radius 2 is 1.44 bits per heavy atom. The van der Waals surface area contributed by atoms with Crippen molar-refractivity contribution in [3.8, 4) is 11.1 Å². The molecule has 0 N–H and O–H groups in total. The summed E-state index contributed by atoms with van der Waals surface area (Å²) < 4.78 is 13.3. The monoisotopic (exact) mass is 648 g/mol. The fourth-order valence-electron chi connectivity index (χ4n) is 9.03. The van der Waals surface area contributed by atoms with Crippen molar-refractivity contribution in [2.24, 2.45) is 5.92 Å². The van der Waals surface area contributed by atoms with Gasteiger partial charge in [0.05, 0.1) is 0 Å². The summed E-state index contributed by atoms with van der Waals surface area (Å²) in [5, 5.41) is 2.58. The lowest BCUT2D eigenvalue weighted by molar-refractivity contribution is 0.493. The minimum Gasteiger partial charge on any atom is -0.460 e. The van der Waals surface area contributed by atoms with E-state index < -0.39 is 0 Å². The van der Waals surface area contributed by atoms with Crippen molar-refractivity contribution < 1.29 is 8.83 Å². The smallest absolute Gasteiger partial charge is 0.134 e. The predicted molar refractivity (Wildman–Crippen MR) is 206 cm³/mol. The average Bonchev–Trinajstić information content (AvgIpc) is 3.76. The Morgan fingerprint density at radius 3 is 2.24 bits per heavy atom. The molecule has 50 heavy (non-hydrogen) atoms. The lowest BCUT2D eigenvalue weighted by Gasteiger charge is -2.25. The van der Waals surface area contributed by atoms with Crippen molar-refractivity contribution >= 4 is 40.3 Å². The molecule has 4 aliphatic carbocycles. The second-order valence-corrected chi connectivity index (χ2v) is 14.5. The fourth-order valence-corrected chi connectivity index (χ4v) is 9.03. The van der Waals surface area contributed by atoms with Crippen LogP contribution < -0.4 is 10.6 Å². The summed E-state index contributed by atoms with van der Waals surface area (Å²) in [6.45, 7) is 0. The van der Waals surface area contributed by atoms with Gasteiger partial charge in [0.1, 0.15) is 22.5 Å². The van der Waals surface area contributed by atoms with Gasteiger partial charge >= 0.3 is 0 Å². The molecule has 2 heterocycles. The summed E-state index contributed by atoms with van der Waals surface area (Å²) in [5.74, 6) is 3.23. The van der Waals surface area contributed by atoms with Gasteiger partial charge in [0.15, 0.2) is 0 Å². The van der Waals surface area contributed by atoms with Crippen LogP contribution in [-0.2, 0) is 6.42 Å². The molecule has 244 valence electrons. The second-order valence-electron chi connectivity index (χ2n) is 14.5. The quantitative estimate of drug-likeness (QED) is 0.186. The second kappa shape index (κ2) is 12.2. The van der Waals surface area contributed by atoms with Gasteiger partial charge in [0.25, 0.3) is 0 Å². The third-order valence-electron chi connectivity index (χ3n) is 11.7. The highest BCUT2D eigenvalue weighted by Crippen LogP contribution is 2.43. The van der Waals surface area contributed by atoms with Crippen molar-refractivity contribution in [2.45, 2.75) is 56.8 Å². The van der Waals surface area contributed by atoms with Crippen molar-refractivity contribution in [3.05, 3.63) is 171 Å². The summed E-state index contributed by atoms with van der Waals surface area (Å²) in [6, 6.07) is 37.4. The average molecular weight is 649 g/mol. The molecule has 6 aromatic rings. The minimum atomic E-state index is 0.218. The summed E-state index contributed by atoms with van der Waals surface area (Å²) >= 11 is 0. The van der Waals surface area contributed by atoms with E-state index in [2.05, 4.69) is 140 Å². The van der Waals surface area contributed by atoms with Crippen LogP contribution in [0.25, 0.3) is 51.5 Å². The van der Waals surface area contributed by atoms with E-state index in [1.807, 2.05) is 0 Å². The third kappa shape index (κ3) is 5.09. The first-order chi connectivity index (χ1) is 24.8. The topological polar surface area (TPSA) is 26.3 Å². The molecule has 10 rings (SSSR count). The molecule has 4 aromatic carbocycles. The summed E-state index contributed by atoms with van der Waals surface area (Å²) in [5.41, 5.74) is 14.3. The molecule has 2 heteroatoms. The van der Waals surface area contributed by atoms with Crippen molar-refractivity contribution in [3.63, 3.8) is 0 Å². The lowest BCUT2D eigenvalue weighted by atomic mass is 9.79. The first kappa shape index (κ1) is 29.6. The Hall–Kier alpha value is -5.34. The Kier molecular flexibility index (Phi) is 7.22. The van der Waals surface area contributed by atoms with Crippen molar-refractivity contribution in [1.29, 1.82) is 0 Å². The number of benzene rings is 4. The van der Waals surface area contributed by atoms with Crippen molar-refractivity contribution in [2.75, 3.05) is 0 Å². The number of furan rings is 2. The highest BCUT2D eigenvalue weighted by Gasteiger charge is 2.29. The molecule has 3 unspecified atom stereocenters. The van der Waals surface area contributed by atoms with Crippen LogP contribution in [0.4, 0.5) is 0 Å². The van der Waals surface area contributed by atoms with Crippen LogP contribution in [0.2, 0.25) is 0 Å². The van der Waals surface area contributed by atoms with E-state index >= 15 is 0 Å². The first-order valence-corrected chi connectivity index (χ1v) is 18.4. The zero-order valence-electron chi connectivity index (χ0n) is 28.3. The zero-order chi connectivity index (χ0) is 33.0. The van der Waals surface area contributed by atoms with Crippen LogP contribution in [0.1, 0.15) is 89.7 Å². The molecule has 2 aromatic heterocycles. The van der Waals surface area contributed by atoms with Crippen LogP contribution in [0.5, 0.6) is 0 Å². The summed E-state index contributed by atoms with van der Waals surface area (Å²) in [6.07, 6.45) is 21.7. The Labute approximate surface area is 293 Å². The van der Waals surface area contributed by atoms with E-state index in [1.165, 1.54) is 72.5 Å². The van der Waals surface area contributed by atoms with Gasteiger partial charge < -0.3 is 8.83 Å². The number of hydrogen-bond acceptors (Lipinski definition) is 2. The largest absolute Gasteiger partial charge is 0.460 e. The Bertz CT molecular complexity index is 2450. The van der Waals surface area contributed by atoms with Gasteiger partial charge in [0.2, 0.25) is 0 Å². The molecule has 0 aliphatic heterocycles. The highest BCUT2D eigenvalue weighted by molar-refractivity contribution is 5.90. The highest BCUT2D eigenvalue weighted by atomic mass is 16.3. The molecule has 0 bridgehead atoms. The molecule has 0 amide bonds. The van der Waals surface area contributed by atoms with E-state index in [1.54, 1.807) is 0 Å². The minimum absolute atomic E-state index is 0.218. The fraction of sp³-hybridized carbons (Fsp3) is 0.208. The van der Waals surface area contributed by atoms with Gasteiger partial charge in [-0.25, -0.2) is 0 Å². The van der Waals surface area contributed by atoms with Crippen LogP contribution >= 0.6 is 0 Å².